The maximum Gasteiger partial charge on any atom is 0.222 e. The van der Waals surface area contributed by atoms with Crippen LogP contribution in [0.15, 0.2) is 0 Å². The number of nitrogens with zero attached hydrogens (tertiary/aromatic N) is 1. The van der Waals surface area contributed by atoms with Crippen LogP contribution >= 0.6 is 0 Å². The van der Waals surface area contributed by atoms with Gasteiger partial charge in [0, 0.05) is 25.9 Å². The van der Waals surface area contributed by atoms with Gasteiger partial charge in [-0.05, 0) is 48.9 Å². The Morgan fingerprint density at radius 3 is 1.70 bits per heavy atom. The second kappa shape index (κ2) is 7.36. The summed E-state index contributed by atoms with van der Waals surface area (Å²) in [5.74, 6) is 0.487. The topological polar surface area (TPSA) is 37.4 Å². The van der Waals surface area contributed by atoms with Crippen LogP contribution in [-0.2, 0) is 9.59 Å². The molecule has 1 aliphatic heterocycles. The Bertz CT molecular complexity index is 402. The molecule has 0 radical (unpaired) electrons. The minimum absolute atomic E-state index is 0.218. The van der Waals surface area contributed by atoms with E-state index in [1.165, 1.54) is 0 Å². The van der Waals surface area contributed by atoms with Gasteiger partial charge in [-0.25, -0.2) is 0 Å². The van der Waals surface area contributed by atoms with Crippen molar-refractivity contribution in [2.45, 2.75) is 87.0 Å². The fourth-order valence-electron chi connectivity index (χ4n) is 4.57. The number of Topliss-reactive ketones (excluding diaryl/α,β-unsaturated/α-hetero) is 1. The molecule has 0 atom stereocenters. The quantitative estimate of drug-likeness (QED) is 0.679. The van der Waals surface area contributed by atoms with Crippen LogP contribution in [0.3, 0.4) is 0 Å². The second-order valence-corrected chi connectivity index (χ2v) is 9.37. The Morgan fingerprint density at radius 1 is 0.870 bits per heavy atom. The fraction of sp³-hybridized carbons (Fsp3) is 0.900. The van der Waals surface area contributed by atoms with Crippen molar-refractivity contribution >= 4 is 11.7 Å². The largest absolute Gasteiger partial charge is 0.343 e. The third kappa shape index (κ3) is 4.81. The van der Waals surface area contributed by atoms with Gasteiger partial charge in [0.05, 0.1) is 0 Å². The number of hydrogen-bond donors (Lipinski definition) is 0. The lowest BCUT2D eigenvalue weighted by atomic mass is 9.50. The highest BCUT2D eigenvalue weighted by Crippen LogP contribution is 2.57. The molecule has 3 nitrogen and oxygen atoms in total. The lowest BCUT2D eigenvalue weighted by molar-refractivity contribution is -0.140. The van der Waals surface area contributed by atoms with Crippen molar-refractivity contribution < 1.29 is 9.59 Å². The predicted octanol–water partition coefficient (Wildman–Crippen LogP) is 4.84. The molecule has 1 amide bonds. The van der Waals surface area contributed by atoms with Crippen molar-refractivity contribution in [3.63, 3.8) is 0 Å². The third-order valence-corrected chi connectivity index (χ3v) is 6.01. The van der Waals surface area contributed by atoms with Gasteiger partial charge < -0.3 is 9.69 Å². The number of piperidine rings is 1. The number of carbonyl (C=O) groups excluding carboxylic acids is 2. The van der Waals surface area contributed by atoms with Gasteiger partial charge in [0.25, 0.3) is 0 Å². The fourth-order valence-corrected chi connectivity index (χ4v) is 4.57. The van der Waals surface area contributed by atoms with Crippen LogP contribution in [0.1, 0.15) is 87.0 Å². The van der Waals surface area contributed by atoms with E-state index >= 15 is 0 Å². The van der Waals surface area contributed by atoms with Crippen LogP contribution in [-0.4, -0.2) is 29.7 Å². The lowest BCUT2D eigenvalue weighted by Gasteiger charge is -2.57. The number of unbranched alkanes of at least 4 members (excludes halogenated alkanes) is 1. The van der Waals surface area contributed by atoms with Gasteiger partial charge in [0.1, 0.15) is 5.78 Å². The summed E-state index contributed by atoms with van der Waals surface area (Å²) < 4.78 is 0. The average Bonchev–Trinajstić information content (AvgIpc) is 2.40. The van der Waals surface area contributed by atoms with Crippen LogP contribution < -0.4 is 0 Å². The lowest BCUT2D eigenvalue weighted by Crippen LogP contribution is -2.54. The summed E-state index contributed by atoms with van der Waals surface area (Å²) in [6.45, 7) is 17.4. The molecule has 0 aromatic rings. The maximum atomic E-state index is 12.4. The zero-order valence-corrected chi connectivity index (χ0v) is 16.4. The highest BCUT2D eigenvalue weighted by Gasteiger charge is 2.51. The SMILES string of the molecule is CC(=O)CCCCC(=O)N1CCC(C(C)(C)C)(C(C)(C)C)CC1. The molecule has 0 bridgehead atoms. The predicted molar refractivity (Wildman–Crippen MR) is 96.3 cm³/mol. The summed E-state index contributed by atoms with van der Waals surface area (Å²) in [6.07, 6.45) is 5.02. The molecular formula is C20H37NO2. The molecule has 1 aliphatic rings. The second-order valence-electron chi connectivity index (χ2n) is 9.37. The van der Waals surface area contributed by atoms with Crippen molar-refractivity contribution in [3.8, 4) is 0 Å². The first-order valence-corrected chi connectivity index (χ1v) is 9.18. The van der Waals surface area contributed by atoms with E-state index in [4.69, 9.17) is 0 Å². The van der Waals surface area contributed by atoms with E-state index in [-0.39, 0.29) is 27.9 Å². The monoisotopic (exact) mass is 323 g/mol. The van der Waals surface area contributed by atoms with Gasteiger partial charge in [0.2, 0.25) is 5.91 Å². The number of amides is 1. The van der Waals surface area contributed by atoms with Gasteiger partial charge >= 0.3 is 0 Å². The highest BCUT2D eigenvalue weighted by atomic mass is 16.2. The van der Waals surface area contributed by atoms with Crippen molar-refractivity contribution in [1.82, 2.24) is 4.90 Å². The van der Waals surface area contributed by atoms with E-state index in [0.29, 0.717) is 12.8 Å². The number of hydrogen-bond acceptors (Lipinski definition) is 2. The first-order valence-electron chi connectivity index (χ1n) is 9.18. The molecule has 23 heavy (non-hydrogen) atoms. The molecule has 3 heteroatoms. The molecule has 1 fully saturated rings. The highest BCUT2D eigenvalue weighted by molar-refractivity contribution is 5.77. The zero-order valence-electron chi connectivity index (χ0n) is 16.4. The third-order valence-electron chi connectivity index (χ3n) is 6.01. The van der Waals surface area contributed by atoms with E-state index in [2.05, 4.69) is 41.5 Å². The van der Waals surface area contributed by atoms with Crippen molar-refractivity contribution in [1.29, 1.82) is 0 Å². The number of carbonyl (C=O) groups is 2. The number of ketones is 1. The molecule has 1 rings (SSSR count). The summed E-state index contributed by atoms with van der Waals surface area (Å²) in [6, 6.07) is 0. The number of rotatable bonds is 5. The van der Waals surface area contributed by atoms with Gasteiger partial charge in [-0.2, -0.15) is 0 Å². The zero-order chi connectivity index (χ0) is 17.9. The Kier molecular flexibility index (Phi) is 6.46. The summed E-state index contributed by atoms with van der Waals surface area (Å²) in [7, 11) is 0. The van der Waals surface area contributed by atoms with Crippen molar-refractivity contribution in [2.75, 3.05) is 13.1 Å². The molecule has 0 N–H and O–H groups in total. The summed E-state index contributed by atoms with van der Waals surface area (Å²) in [5, 5.41) is 0. The summed E-state index contributed by atoms with van der Waals surface area (Å²) in [5.41, 5.74) is 0.745. The van der Waals surface area contributed by atoms with Crippen LogP contribution in [0.25, 0.3) is 0 Å². The Hall–Kier alpha value is -0.860. The molecule has 134 valence electrons. The molecule has 0 aromatic heterocycles. The maximum absolute atomic E-state index is 12.4. The molecule has 0 saturated carbocycles. The molecule has 0 unspecified atom stereocenters. The van der Waals surface area contributed by atoms with Crippen LogP contribution in [0.5, 0.6) is 0 Å². The van der Waals surface area contributed by atoms with E-state index in [0.717, 1.165) is 38.8 Å². The van der Waals surface area contributed by atoms with Crippen LogP contribution in [0.4, 0.5) is 0 Å². The summed E-state index contributed by atoms with van der Waals surface area (Å²) >= 11 is 0. The average molecular weight is 324 g/mol. The molecule has 0 aromatic carbocycles. The molecular weight excluding hydrogens is 286 g/mol. The first kappa shape index (κ1) is 20.2. The molecule has 1 saturated heterocycles. The molecule has 0 aliphatic carbocycles. The van der Waals surface area contributed by atoms with Gasteiger partial charge in [0.15, 0.2) is 0 Å². The van der Waals surface area contributed by atoms with Gasteiger partial charge in [-0.15, -0.1) is 0 Å². The van der Waals surface area contributed by atoms with E-state index in [9.17, 15) is 9.59 Å². The van der Waals surface area contributed by atoms with E-state index < -0.39 is 0 Å². The minimum Gasteiger partial charge on any atom is -0.343 e. The van der Waals surface area contributed by atoms with Gasteiger partial charge in [-0.1, -0.05) is 41.5 Å². The van der Waals surface area contributed by atoms with Crippen molar-refractivity contribution in [2.24, 2.45) is 16.2 Å². The van der Waals surface area contributed by atoms with E-state index in [1.54, 1.807) is 6.92 Å². The van der Waals surface area contributed by atoms with Crippen LogP contribution in [0.2, 0.25) is 0 Å². The molecule has 0 spiro atoms. The Labute approximate surface area is 143 Å². The van der Waals surface area contributed by atoms with Crippen LogP contribution in [0, 0.1) is 16.2 Å². The Balaban J connectivity index is 2.59. The standard InChI is InChI=1S/C20H37NO2/c1-16(22)10-8-9-11-17(23)21-14-12-20(13-15-21,18(2,3)4)19(5,6)7/h8-15H2,1-7H3. The first-order chi connectivity index (χ1) is 10.4. The van der Waals surface area contributed by atoms with Gasteiger partial charge in [-0.3, -0.25) is 4.79 Å². The minimum atomic E-state index is 0.218. The van der Waals surface area contributed by atoms with Crippen molar-refractivity contribution in [3.05, 3.63) is 0 Å². The molecule has 1 heterocycles. The Morgan fingerprint density at radius 2 is 1.30 bits per heavy atom. The summed E-state index contributed by atoms with van der Waals surface area (Å²) in [4.78, 5) is 25.4. The number of likely N-dealkylation sites (tertiary alicyclic amines) is 1. The normalized spacial score (nSPS) is 18.8. The van der Waals surface area contributed by atoms with E-state index in [1.807, 2.05) is 4.90 Å². The smallest absolute Gasteiger partial charge is 0.222 e.